The zero-order chi connectivity index (χ0) is 14.5. The molecule has 0 amide bonds. The molecule has 1 N–H and O–H groups in total. The van der Waals surface area contributed by atoms with Crippen molar-refractivity contribution in [2.75, 3.05) is 0 Å². The van der Waals surface area contributed by atoms with E-state index in [9.17, 15) is 13.0 Å². The van der Waals surface area contributed by atoms with E-state index in [1.807, 2.05) is 42.8 Å². The summed E-state index contributed by atoms with van der Waals surface area (Å²) in [5.74, 6) is 0. The van der Waals surface area contributed by atoms with E-state index >= 15 is 0 Å². The summed E-state index contributed by atoms with van der Waals surface area (Å²) in [4.78, 5) is -0.0802. The van der Waals surface area contributed by atoms with Gasteiger partial charge in [0.25, 0.3) is 10.1 Å². The fraction of sp³-hybridized carbons (Fsp3) is 0.133. The van der Waals surface area contributed by atoms with E-state index < -0.39 is 10.1 Å². The van der Waals surface area contributed by atoms with E-state index in [0.717, 1.165) is 27.4 Å². The standard InChI is InChI=1S/C15H13NO3S/c1-10-12-5-3-4-6-14(12)16(2)15-8-7-11(9-13(10)15)20(17,18)19/h3-9H,1-2H3/p+1. The summed E-state index contributed by atoms with van der Waals surface area (Å²) >= 11 is 0. The fourth-order valence-electron chi connectivity index (χ4n) is 2.63. The number of pyridine rings is 1. The first kappa shape index (κ1) is 13.0. The molecular formula is C15H14NO3S+. The molecule has 0 spiro atoms. The lowest BCUT2D eigenvalue weighted by Crippen LogP contribution is -2.30. The molecule has 5 heteroatoms. The molecule has 1 aromatic heterocycles. The minimum absolute atomic E-state index is 0.0802. The third-order valence-electron chi connectivity index (χ3n) is 3.70. The van der Waals surface area contributed by atoms with Crippen LogP contribution in [0.3, 0.4) is 0 Å². The predicted octanol–water partition coefficient (Wildman–Crippen LogP) is 2.37. The molecule has 0 radical (unpaired) electrons. The van der Waals surface area contributed by atoms with Crippen LogP contribution in [0, 0.1) is 6.92 Å². The highest BCUT2D eigenvalue weighted by atomic mass is 32.2. The minimum Gasteiger partial charge on any atom is -0.282 e. The van der Waals surface area contributed by atoms with Gasteiger partial charge in [-0.15, -0.1) is 0 Å². The largest absolute Gasteiger partial charge is 0.294 e. The van der Waals surface area contributed by atoms with Crippen LogP contribution in [0.25, 0.3) is 21.8 Å². The molecule has 0 fully saturated rings. The van der Waals surface area contributed by atoms with Gasteiger partial charge in [-0.3, -0.25) is 4.55 Å². The van der Waals surface area contributed by atoms with Crippen LogP contribution in [0.1, 0.15) is 5.56 Å². The predicted molar refractivity (Wildman–Crippen MR) is 77.2 cm³/mol. The van der Waals surface area contributed by atoms with Crippen molar-refractivity contribution >= 4 is 31.9 Å². The van der Waals surface area contributed by atoms with Gasteiger partial charge in [0.15, 0.2) is 0 Å². The Hall–Kier alpha value is -1.98. The molecule has 20 heavy (non-hydrogen) atoms. The first-order valence-corrected chi connectivity index (χ1v) is 7.62. The van der Waals surface area contributed by atoms with Crippen molar-refractivity contribution in [3.63, 3.8) is 0 Å². The lowest BCUT2D eigenvalue weighted by atomic mass is 10.0. The molecule has 2 aromatic carbocycles. The molecule has 0 aliphatic rings. The van der Waals surface area contributed by atoms with Crippen LogP contribution in [0.4, 0.5) is 0 Å². The van der Waals surface area contributed by atoms with Crippen molar-refractivity contribution in [2.45, 2.75) is 11.8 Å². The Kier molecular flexibility index (Phi) is 2.77. The number of rotatable bonds is 1. The molecule has 0 bridgehead atoms. The summed E-state index contributed by atoms with van der Waals surface area (Å²) in [5.41, 5.74) is 3.00. The Morgan fingerprint density at radius 1 is 1.00 bits per heavy atom. The molecular weight excluding hydrogens is 274 g/mol. The maximum absolute atomic E-state index is 11.3. The zero-order valence-corrected chi connectivity index (χ0v) is 12.0. The Morgan fingerprint density at radius 2 is 1.65 bits per heavy atom. The summed E-state index contributed by atoms with van der Waals surface area (Å²) < 4.78 is 33.8. The van der Waals surface area contributed by atoms with Crippen LogP contribution in [0.15, 0.2) is 47.4 Å². The van der Waals surface area contributed by atoms with Crippen molar-refractivity contribution < 1.29 is 17.5 Å². The van der Waals surface area contributed by atoms with Gasteiger partial charge in [0.1, 0.15) is 7.05 Å². The van der Waals surface area contributed by atoms with Crippen molar-refractivity contribution in [1.82, 2.24) is 0 Å². The highest BCUT2D eigenvalue weighted by Gasteiger charge is 2.18. The topological polar surface area (TPSA) is 58.2 Å². The smallest absolute Gasteiger partial charge is 0.282 e. The average Bonchev–Trinajstić information content (AvgIpc) is 2.43. The number of fused-ring (bicyclic) bond motifs is 2. The van der Waals surface area contributed by atoms with Gasteiger partial charge in [-0.05, 0) is 30.7 Å². The molecule has 4 nitrogen and oxygen atoms in total. The lowest BCUT2D eigenvalue weighted by Gasteiger charge is -2.07. The van der Waals surface area contributed by atoms with Crippen LogP contribution >= 0.6 is 0 Å². The van der Waals surface area contributed by atoms with Crippen molar-refractivity contribution in [3.8, 4) is 0 Å². The minimum atomic E-state index is -4.19. The Morgan fingerprint density at radius 3 is 2.35 bits per heavy atom. The molecule has 102 valence electrons. The number of para-hydroxylation sites is 1. The molecule has 1 heterocycles. The number of hydrogen-bond donors (Lipinski definition) is 1. The van der Waals surface area contributed by atoms with Gasteiger partial charge in [-0.25, -0.2) is 0 Å². The third-order valence-corrected chi connectivity index (χ3v) is 4.55. The number of nitrogens with zero attached hydrogens (tertiary/aromatic N) is 1. The number of hydrogen-bond acceptors (Lipinski definition) is 2. The van der Waals surface area contributed by atoms with Crippen LogP contribution in [-0.2, 0) is 17.2 Å². The highest BCUT2D eigenvalue weighted by molar-refractivity contribution is 7.85. The lowest BCUT2D eigenvalue weighted by molar-refractivity contribution is -0.617. The monoisotopic (exact) mass is 288 g/mol. The SMILES string of the molecule is Cc1c2ccccc2[n+](C)c2ccc(S(=O)(=O)O)cc12. The number of aryl methyl sites for hydroxylation is 2. The van der Waals surface area contributed by atoms with Crippen LogP contribution in [0.2, 0.25) is 0 Å². The summed E-state index contributed by atoms with van der Waals surface area (Å²) in [6.45, 7) is 1.96. The quantitative estimate of drug-likeness (QED) is 0.425. The van der Waals surface area contributed by atoms with Crippen molar-refractivity contribution in [3.05, 3.63) is 48.0 Å². The second-order valence-corrected chi connectivity index (χ2v) is 6.28. The Bertz CT molecular complexity index is 946. The molecule has 3 aromatic rings. The first-order valence-electron chi connectivity index (χ1n) is 6.18. The van der Waals surface area contributed by atoms with Gasteiger partial charge in [0, 0.05) is 17.5 Å². The van der Waals surface area contributed by atoms with E-state index in [4.69, 9.17) is 0 Å². The summed E-state index contributed by atoms with van der Waals surface area (Å²) in [7, 11) is -2.24. The van der Waals surface area contributed by atoms with Crippen LogP contribution < -0.4 is 4.57 Å². The first-order chi connectivity index (χ1) is 9.39. The van der Waals surface area contributed by atoms with E-state index in [1.54, 1.807) is 6.07 Å². The van der Waals surface area contributed by atoms with E-state index in [0.29, 0.717) is 0 Å². The van der Waals surface area contributed by atoms with Gasteiger partial charge >= 0.3 is 0 Å². The molecule has 3 rings (SSSR count). The van der Waals surface area contributed by atoms with E-state index in [2.05, 4.69) is 0 Å². The van der Waals surface area contributed by atoms with Gasteiger partial charge in [-0.2, -0.15) is 13.0 Å². The molecule has 0 aliphatic heterocycles. The Balaban J connectivity index is 2.53. The molecule has 0 atom stereocenters. The zero-order valence-electron chi connectivity index (χ0n) is 11.2. The van der Waals surface area contributed by atoms with Crippen LogP contribution in [-0.4, -0.2) is 13.0 Å². The van der Waals surface area contributed by atoms with Gasteiger partial charge in [-0.1, -0.05) is 12.1 Å². The van der Waals surface area contributed by atoms with Crippen molar-refractivity contribution in [1.29, 1.82) is 0 Å². The molecule has 0 unspecified atom stereocenters. The van der Waals surface area contributed by atoms with Gasteiger partial charge in [0.05, 0.1) is 10.3 Å². The molecule has 0 aliphatic carbocycles. The molecule has 0 saturated carbocycles. The number of benzene rings is 2. The second-order valence-electron chi connectivity index (χ2n) is 4.86. The van der Waals surface area contributed by atoms with Gasteiger partial charge in [0.2, 0.25) is 11.0 Å². The molecule has 0 saturated heterocycles. The normalized spacial score (nSPS) is 12.2. The van der Waals surface area contributed by atoms with Crippen LogP contribution in [0.5, 0.6) is 0 Å². The summed E-state index contributed by atoms with van der Waals surface area (Å²) in [5, 5.41) is 1.89. The highest BCUT2D eigenvalue weighted by Crippen LogP contribution is 2.25. The average molecular weight is 288 g/mol. The van der Waals surface area contributed by atoms with Crippen molar-refractivity contribution in [2.24, 2.45) is 7.05 Å². The van der Waals surface area contributed by atoms with Gasteiger partial charge < -0.3 is 0 Å². The maximum Gasteiger partial charge on any atom is 0.294 e. The second kappa shape index (κ2) is 4.26. The van der Waals surface area contributed by atoms with E-state index in [-0.39, 0.29) is 4.90 Å². The number of aromatic nitrogens is 1. The third kappa shape index (κ3) is 1.87. The summed E-state index contributed by atoms with van der Waals surface area (Å²) in [6.07, 6.45) is 0. The summed E-state index contributed by atoms with van der Waals surface area (Å²) in [6, 6.07) is 12.6. The van der Waals surface area contributed by atoms with E-state index in [1.165, 1.54) is 12.1 Å². The Labute approximate surface area is 117 Å². The fourth-order valence-corrected chi connectivity index (χ4v) is 3.13. The maximum atomic E-state index is 11.3.